The molecule has 0 bridgehead atoms. The monoisotopic (exact) mass is 402 g/mol. The first-order valence-corrected chi connectivity index (χ1v) is 7.98. The lowest BCUT2D eigenvalue weighted by molar-refractivity contribution is -0.112. The van der Waals surface area contributed by atoms with Crippen LogP contribution in [0.4, 0.5) is 5.69 Å². The highest BCUT2D eigenvalue weighted by atomic mass is 127. The van der Waals surface area contributed by atoms with Crippen LogP contribution in [0.5, 0.6) is 0 Å². The molecule has 0 unspecified atom stereocenters. The third-order valence-corrected chi connectivity index (χ3v) is 3.89. The molecular formula is C18H15IN2O. The fraction of sp³-hybridized carbons (Fsp3) is 0.111. The highest BCUT2D eigenvalue weighted by molar-refractivity contribution is 14.1. The van der Waals surface area contributed by atoms with Gasteiger partial charge in [-0.1, -0.05) is 31.2 Å². The van der Waals surface area contributed by atoms with Gasteiger partial charge in [0.15, 0.2) is 0 Å². The molecule has 0 atom stereocenters. The summed E-state index contributed by atoms with van der Waals surface area (Å²) in [6, 6.07) is 17.2. The average Bonchev–Trinajstić information content (AvgIpc) is 2.55. The number of aryl methyl sites for hydroxylation is 1. The van der Waals surface area contributed by atoms with E-state index in [2.05, 4.69) is 34.8 Å². The van der Waals surface area contributed by atoms with Crippen molar-refractivity contribution < 1.29 is 4.79 Å². The lowest BCUT2D eigenvalue weighted by Gasteiger charge is -2.05. The van der Waals surface area contributed by atoms with Crippen LogP contribution < -0.4 is 5.32 Å². The van der Waals surface area contributed by atoms with Crippen molar-refractivity contribution in [3.8, 4) is 6.07 Å². The molecule has 22 heavy (non-hydrogen) atoms. The zero-order valence-electron chi connectivity index (χ0n) is 12.1. The van der Waals surface area contributed by atoms with Gasteiger partial charge >= 0.3 is 0 Å². The first-order valence-electron chi connectivity index (χ1n) is 6.90. The molecule has 110 valence electrons. The summed E-state index contributed by atoms with van der Waals surface area (Å²) in [4.78, 5) is 12.2. The van der Waals surface area contributed by atoms with E-state index in [-0.39, 0.29) is 5.57 Å². The highest BCUT2D eigenvalue weighted by Crippen LogP contribution is 2.14. The number of hydrogen-bond donors (Lipinski definition) is 1. The number of nitrogens with zero attached hydrogens (tertiary/aromatic N) is 1. The van der Waals surface area contributed by atoms with E-state index in [9.17, 15) is 10.1 Å². The number of carbonyl (C=O) groups is 1. The van der Waals surface area contributed by atoms with Crippen LogP contribution in [-0.4, -0.2) is 5.91 Å². The number of amides is 1. The summed E-state index contributed by atoms with van der Waals surface area (Å²) in [5.74, 6) is -0.398. The second-order valence-electron chi connectivity index (χ2n) is 4.73. The maximum atomic E-state index is 12.2. The van der Waals surface area contributed by atoms with Crippen LogP contribution in [0, 0.1) is 14.9 Å². The van der Waals surface area contributed by atoms with Gasteiger partial charge in [0.2, 0.25) is 0 Å². The molecule has 0 heterocycles. The molecule has 0 saturated carbocycles. The van der Waals surface area contributed by atoms with Crippen molar-refractivity contribution in [2.75, 3.05) is 5.32 Å². The summed E-state index contributed by atoms with van der Waals surface area (Å²) in [6.07, 6.45) is 2.54. The summed E-state index contributed by atoms with van der Waals surface area (Å²) in [6.45, 7) is 2.07. The topological polar surface area (TPSA) is 52.9 Å². The molecule has 2 aromatic rings. The molecular weight excluding hydrogens is 387 g/mol. The van der Waals surface area contributed by atoms with Crippen molar-refractivity contribution in [2.45, 2.75) is 13.3 Å². The van der Waals surface area contributed by atoms with E-state index in [1.807, 2.05) is 54.6 Å². The maximum Gasteiger partial charge on any atom is 0.266 e. The molecule has 0 aliphatic carbocycles. The van der Waals surface area contributed by atoms with Crippen molar-refractivity contribution >= 4 is 40.3 Å². The summed E-state index contributed by atoms with van der Waals surface area (Å²) in [5, 5.41) is 11.9. The van der Waals surface area contributed by atoms with E-state index >= 15 is 0 Å². The molecule has 2 aromatic carbocycles. The lowest BCUT2D eigenvalue weighted by atomic mass is 10.1. The molecule has 0 aromatic heterocycles. The van der Waals surface area contributed by atoms with Gasteiger partial charge in [0.25, 0.3) is 5.91 Å². The summed E-state index contributed by atoms with van der Waals surface area (Å²) in [7, 11) is 0. The Morgan fingerprint density at radius 3 is 2.36 bits per heavy atom. The van der Waals surface area contributed by atoms with Gasteiger partial charge in [-0.15, -0.1) is 0 Å². The van der Waals surface area contributed by atoms with Crippen molar-refractivity contribution in [1.82, 2.24) is 0 Å². The van der Waals surface area contributed by atoms with Crippen LogP contribution in [0.25, 0.3) is 6.08 Å². The number of nitrogens with one attached hydrogen (secondary N) is 1. The number of benzene rings is 2. The van der Waals surface area contributed by atoms with Gasteiger partial charge in [-0.05, 0) is 70.5 Å². The first kappa shape index (κ1) is 16.2. The summed E-state index contributed by atoms with van der Waals surface area (Å²) in [5.41, 5.74) is 2.80. The molecule has 1 amide bonds. The zero-order chi connectivity index (χ0) is 15.9. The van der Waals surface area contributed by atoms with Crippen LogP contribution in [0.1, 0.15) is 18.1 Å². The Morgan fingerprint density at radius 2 is 1.82 bits per heavy atom. The van der Waals surface area contributed by atoms with Gasteiger partial charge in [-0.25, -0.2) is 0 Å². The standard InChI is InChI=1S/C18H15IN2O/c1-2-13-5-9-17(10-6-13)21-18(22)15(12-20)11-14-3-7-16(19)8-4-14/h3-11H,2H2,1H3,(H,21,22)/b15-11-. The fourth-order valence-electron chi connectivity index (χ4n) is 1.90. The molecule has 0 aliphatic rings. The van der Waals surface area contributed by atoms with Crippen LogP contribution in [-0.2, 0) is 11.2 Å². The molecule has 0 saturated heterocycles. The predicted molar refractivity (Wildman–Crippen MR) is 97.2 cm³/mol. The fourth-order valence-corrected chi connectivity index (χ4v) is 2.26. The maximum absolute atomic E-state index is 12.2. The van der Waals surface area contributed by atoms with Crippen LogP contribution in [0.3, 0.4) is 0 Å². The third-order valence-electron chi connectivity index (χ3n) is 3.17. The number of anilines is 1. The Balaban J connectivity index is 2.14. The number of rotatable bonds is 4. The number of nitriles is 1. The van der Waals surface area contributed by atoms with Crippen LogP contribution in [0.2, 0.25) is 0 Å². The molecule has 2 rings (SSSR count). The minimum absolute atomic E-state index is 0.0841. The number of halogens is 1. The average molecular weight is 402 g/mol. The van der Waals surface area contributed by atoms with Crippen molar-refractivity contribution in [3.05, 3.63) is 68.8 Å². The van der Waals surface area contributed by atoms with Gasteiger partial charge in [-0.3, -0.25) is 4.79 Å². The molecule has 0 aliphatic heterocycles. The van der Waals surface area contributed by atoms with E-state index in [1.165, 1.54) is 5.56 Å². The molecule has 4 heteroatoms. The molecule has 1 N–H and O–H groups in total. The second-order valence-corrected chi connectivity index (χ2v) is 5.97. The van der Waals surface area contributed by atoms with E-state index < -0.39 is 5.91 Å². The summed E-state index contributed by atoms with van der Waals surface area (Å²) < 4.78 is 1.11. The van der Waals surface area contributed by atoms with Crippen molar-refractivity contribution in [1.29, 1.82) is 5.26 Å². The smallest absolute Gasteiger partial charge is 0.266 e. The molecule has 0 fully saturated rings. The SMILES string of the molecule is CCc1ccc(NC(=O)/C(C#N)=C\c2ccc(I)cc2)cc1. The number of hydrogen-bond acceptors (Lipinski definition) is 2. The van der Waals surface area contributed by atoms with E-state index in [0.29, 0.717) is 5.69 Å². The first-order chi connectivity index (χ1) is 10.6. The van der Waals surface area contributed by atoms with E-state index in [1.54, 1.807) is 6.08 Å². The zero-order valence-corrected chi connectivity index (χ0v) is 14.3. The van der Waals surface area contributed by atoms with Crippen molar-refractivity contribution in [2.24, 2.45) is 0 Å². The molecule has 0 radical (unpaired) electrons. The van der Waals surface area contributed by atoms with Gasteiger partial charge in [0.05, 0.1) is 0 Å². The summed E-state index contributed by atoms with van der Waals surface area (Å²) >= 11 is 2.21. The van der Waals surface area contributed by atoms with Gasteiger partial charge < -0.3 is 5.32 Å². The van der Waals surface area contributed by atoms with Crippen LogP contribution >= 0.6 is 22.6 Å². The Morgan fingerprint density at radius 1 is 1.18 bits per heavy atom. The van der Waals surface area contributed by atoms with Crippen LogP contribution in [0.15, 0.2) is 54.1 Å². The number of carbonyl (C=O) groups excluding carboxylic acids is 1. The molecule has 3 nitrogen and oxygen atoms in total. The predicted octanol–water partition coefficient (Wildman–Crippen LogP) is 4.40. The Kier molecular flexibility index (Phi) is 5.73. The third kappa shape index (κ3) is 4.43. The van der Waals surface area contributed by atoms with Gasteiger partial charge in [-0.2, -0.15) is 5.26 Å². The Hall–Kier alpha value is -2.13. The van der Waals surface area contributed by atoms with Crippen molar-refractivity contribution in [3.63, 3.8) is 0 Å². The minimum Gasteiger partial charge on any atom is -0.321 e. The Bertz CT molecular complexity index is 725. The van der Waals surface area contributed by atoms with Gasteiger partial charge in [0.1, 0.15) is 11.6 Å². The van der Waals surface area contributed by atoms with Gasteiger partial charge in [0, 0.05) is 9.26 Å². The lowest BCUT2D eigenvalue weighted by Crippen LogP contribution is -2.13. The minimum atomic E-state index is -0.398. The molecule has 0 spiro atoms. The Labute approximate surface area is 143 Å². The highest BCUT2D eigenvalue weighted by Gasteiger charge is 2.09. The second kappa shape index (κ2) is 7.76. The van der Waals surface area contributed by atoms with E-state index in [4.69, 9.17) is 0 Å². The largest absolute Gasteiger partial charge is 0.321 e. The normalized spacial score (nSPS) is 10.9. The van der Waals surface area contributed by atoms with E-state index in [0.717, 1.165) is 15.6 Å². The quantitative estimate of drug-likeness (QED) is 0.468.